The molecular weight excluding hydrogens is 350 g/mol. The van der Waals surface area contributed by atoms with Crippen LogP contribution in [0.3, 0.4) is 0 Å². The molecule has 1 aliphatic heterocycles. The fourth-order valence-corrected chi connectivity index (χ4v) is 4.09. The molecule has 0 aromatic rings. The predicted octanol–water partition coefficient (Wildman–Crippen LogP) is -3.84. The second-order valence-electron chi connectivity index (χ2n) is 5.36. The quantitative estimate of drug-likeness (QED) is 0.227. The van der Waals surface area contributed by atoms with Crippen molar-refractivity contribution in [3.05, 3.63) is 0 Å². The molecule has 0 unspecified atom stereocenters. The number of hydrogen-bond acceptors (Lipinski definition) is 9. The van der Waals surface area contributed by atoms with Gasteiger partial charge in [0.1, 0.15) is 12.0 Å². The fourth-order valence-electron chi connectivity index (χ4n) is 2.50. The Morgan fingerprint density at radius 3 is 2.17 bits per heavy atom. The Morgan fingerprint density at radius 1 is 1.25 bits per heavy atom. The first-order chi connectivity index (χ1) is 11.0. The lowest BCUT2D eigenvalue weighted by molar-refractivity contribution is -0.172. The minimum atomic E-state index is -3.03. The molecule has 0 radical (unpaired) electrons. The van der Waals surface area contributed by atoms with E-state index in [1.807, 2.05) is 0 Å². The summed E-state index contributed by atoms with van der Waals surface area (Å²) < 4.78 is 0. The van der Waals surface area contributed by atoms with Crippen molar-refractivity contribution in [2.75, 3.05) is 6.61 Å². The van der Waals surface area contributed by atoms with Gasteiger partial charge in [-0.05, 0) is 0 Å². The van der Waals surface area contributed by atoms with E-state index in [-0.39, 0.29) is 11.8 Å². The molecule has 1 aliphatic rings. The van der Waals surface area contributed by atoms with Gasteiger partial charge in [-0.1, -0.05) is 0 Å². The van der Waals surface area contributed by atoms with Crippen LogP contribution in [0.25, 0.3) is 0 Å². The minimum absolute atomic E-state index is 0.0633. The lowest BCUT2D eigenvalue weighted by Crippen LogP contribution is -2.68. The summed E-state index contributed by atoms with van der Waals surface area (Å²) in [5.41, 5.74) is 0. The lowest BCUT2D eigenvalue weighted by Gasteiger charge is -2.47. The molecule has 12 heteroatoms. The van der Waals surface area contributed by atoms with Crippen LogP contribution < -0.4 is 5.32 Å². The second-order valence-corrected chi connectivity index (χ2v) is 6.76. The van der Waals surface area contributed by atoms with Crippen LogP contribution in [0.2, 0.25) is 0 Å². The maximum absolute atomic E-state index is 11.3. The second kappa shape index (κ2) is 7.63. The van der Waals surface area contributed by atoms with Gasteiger partial charge >= 0.3 is 11.9 Å². The molecule has 8 N–H and O–H groups in total. The third-order valence-electron chi connectivity index (χ3n) is 3.66. The van der Waals surface area contributed by atoms with Crippen molar-refractivity contribution < 1.29 is 50.1 Å². The van der Waals surface area contributed by atoms with Gasteiger partial charge in [0.15, 0.2) is 0 Å². The highest BCUT2D eigenvalue weighted by Gasteiger charge is 2.62. The number of carboxylic acid groups (broad SMARTS) is 2. The Balaban J connectivity index is 3.36. The molecule has 24 heavy (non-hydrogen) atoms. The van der Waals surface area contributed by atoms with Crippen LogP contribution in [-0.4, -0.2) is 94.7 Å². The van der Waals surface area contributed by atoms with Crippen LogP contribution in [0.4, 0.5) is 0 Å². The number of rotatable bonds is 6. The van der Waals surface area contributed by atoms with Crippen LogP contribution in [0.5, 0.6) is 0 Å². The van der Waals surface area contributed by atoms with Crippen molar-refractivity contribution in [3.63, 3.8) is 0 Å². The smallest absolute Gasteiger partial charge is 0.347 e. The van der Waals surface area contributed by atoms with Gasteiger partial charge < -0.3 is 41.1 Å². The normalized spacial score (nSPS) is 35.8. The number of aliphatic carboxylic acids is 2. The summed E-state index contributed by atoms with van der Waals surface area (Å²) >= 11 is 0.0633. The highest BCUT2D eigenvalue weighted by molar-refractivity contribution is 8.02. The zero-order valence-corrected chi connectivity index (χ0v) is 13.3. The van der Waals surface area contributed by atoms with Crippen molar-refractivity contribution in [1.29, 1.82) is 0 Å². The number of carbonyl (C=O) groups excluding carboxylic acids is 1. The van der Waals surface area contributed by atoms with Crippen LogP contribution >= 0.6 is 11.8 Å². The van der Waals surface area contributed by atoms with Crippen molar-refractivity contribution in [2.45, 2.75) is 41.5 Å². The SMILES string of the molecule is CC(=O)N[C@@H]1[C@@H](O)[C@H](C(=O)O)[C@@](O)(C(=O)O)S[C@H]1[C@H](O)[C@H](O)CO. The first-order valence-electron chi connectivity index (χ1n) is 6.75. The summed E-state index contributed by atoms with van der Waals surface area (Å²) in [6, 6.07) is -1.50. The number of amides is 1. The van der Waals surface area contributed by atoms with Crippen molar-refractivity contribution >= 4 is 29.6 Å². The van der Waals surface area contributed by atoms with Gasteiger partial charge in [0.2, 0.25) is 10.8 Å². The van der Waals surface area contributed by atoms with Crippen LogP contribution in [0.15, 0.2) is 0 Å². The maximum Gasteiger partial charge on any atom is 0.347 e. The molecule has 1 amide bonds. The molecule has 1 fully saturated rings. The van der Waals surface area contributed by atoms with Gasteiger partial charge in [0.25, 0.3) is 0 Å². The number of aliphatic hydroxyl groups is 5. The third kappa shape index (κ3) is 3.79. The molecule has 0 aromatic heterocycles. The van der Waals surface area contributed by atoms with Crippen molar-refractivity contribution in [2.24, 2.45) is 5.92 Å². The van der Waals surface area contributed by atoms with Gasteiger partial charge in [-0.3, -0.25) is 9.59 Å². The van der Waals surface area contributed by atoms with Crippen LogP contribution in [0.1, 0.15) is 6.92 Å². The number of nitrogens with one attached hydrogen (secondary N) is 1. The molecule has 1 rings (SSSR count). The van der Waals surface area contributed by atoms with E-state index in [0.29, 0.717) is 0 Å². The fraction of sp³-hybridized carbons (Fsp3) is 0.750. The molecule has 7 atom stereocenters. The Kier molecular flexibility index (Phi) is 6.55. The van der Waals surface area contributed by atoms with E-state index in [2.05, 4.69) is 5.32 Å². The van der Waals surface area contributed by atoms with Gasteiger partial charge in [-0.15, -0.1) is 11.8 Å². The Morgan fingerprint density at radius 2 is 1.79 bits per heavy atom. The van der Waals surface area contributed by atoms with E-state index in [9.17, 15) is 39.9 Å². The zero-order valence-electron chi connectivity index (χ0n) is 12.4. The Hall–Kier alpha value is -1.44. The van der Waals surface area contributed by atoms with E-state index < -0.39 is 64.9 Å². The highest BCUT2D eigenvalue weighted by Crippen LogP contribution is 2.45. The first kappa shape index (κ1) is 20.6. The monoisotopic (exact) mass is 369 g/mol. The summed E-state index contributed by atoms with van der Waals surface area (Å²) in [5.74, 6) is -6.74. The summed E-state index contributed by atoms with van der Waals surface area (Å²) in [4.78, 5) is 30.9. The molecule has 0 saturated carbocycles. The maximum atomic E-state index is 11.3. The molecule has 0 aliphatic carbocycles. The number of carbonyl (C=O) groups is 3. The molecular formula is C12H19NO10S. The van der Waals surface area contributed by atoms with E-state index in [1.54, 1.807) is 0 Å². The van der Waals surface area contributed by atoms with Gasteiger partial charge in [0, 0.05) is 6.92 Å². The summed E-state index contributed by atoms with van der Waals surface area (Å²) in [6.45, 7) is 0.117. The van der Waals surface area contributed by atoms with Crippen molar-refractivity contribution in [3.8, 4) is 0 Å². The predicted molar refractivity (Wildman–Crippen MR) is 77.8 cm³/mol. The highest BCUT2D eigenvalue weighted by atomic mass is 32.2. The Bertz CT molecular complexity index is 516. The van der Waals surface area contributed by atoms with E-state index >= 15 is 0 Å². The zero-order chi connectivity index (χ0) is 18.8. The molecule has 0 bridgehead atoms. The standard InChI is InChI=1S/C12H19NO10S/c1-3(15)13-6-8(18)5(10(19)20)12(23,11(21)22)24-9(6)7(17)4(16)2-14/h4-9,14,16-18,23H,2H2,1H3,(H,13,15)(H,19,20)(H,21,22)/t4-,5-,6-,7-,8+,9-,12+/m1/s1. The molecule has 1 heterocycles. The average molecular weight is 369 g/mol. The van der Waals surface area contributed by atoms with E-state index in [0.717, 1.165) is 6.92 Å². The molecule has 0 spiro atoms. The first-order valence-corrected chi connectivity index (χ1v) is 7.63. The number of carboxylic acids is 2. The largest absolute Gasteiger partial charge is 0.481 e. The third-order valence-corrected chi connectivity index (χ3v) is 5.29. The molecule has 138 valence electrons. The number of hydrogen-bond donors (Lipinski definition) is 8. The summed E-state index contributed by atoms with van der Waals surface area (Å²) in [6.07, 6.45) is -5.73. The molecule has 11 nitrogen and oxygen atoms in total. The summed E-state index contributed by atoms with van der Waals surface area (Å²) in [7, 11) is 0. The number of aliphatic hydroxyl groups excluding tert-OH is 4. The average Bonchev–Trinajstić information content (AvgIpc) is 2.47. The van der Waals surface area contributed by atoms with Crippen LogP contribution in [0, 0.1) is 5.92 Å². The lowest BCUT2D eigenvalue weighted by atomic mass is 9.85. The number of thioether (sulfide) groups is 1. The summed E-state index contributed by atoms with van der Waals surface area (Å²) in [5, 5.41) is 67.9. The Labute approximate surface area is 139 Å². The van der Waals surface area contributed by atoms with Crippen molar-refractivity contribution in [1.82, 2.24) is 5.32 Å². The van der Waals surface area contributed by atoms with Gasteiger partial charge in [-0.25, -0.2) is 4.79 Å². The van der Waals surface area contributed by atoms with E-state index in [1.165, 1.54) is 0 Å². The van der Waals surface area contributed by atoms with Crippen LogP contribution in [-0.2, 0) is 14.4 Å². The topological polar surface area (TPSA) is 205 Å². The van der Waals surface area contributed by atoms with E-state index in [4.69, 9.17) is 10.2 Å². The minimum Gasteiger partial charge on any atom is -0.481 e. The van der Waals surface area contributed by atoms with Gasteiger partial charge in [0.05, 0.1) is 30.1 Å². The van der Waals surface area contributed by atoms with Gasteiger partial charge in [-0.2, -0.15) is 0 Å². The molecule has 1 saturated heterocycles. The molecule has 0 aromatic carbocycles.